The van der Waals surface area contributed by atoms with Gasteiger partial charge in [-0.25, -0.2) is 4.39 Å². The maximum Gasteiger partial charge on any atom is 0.418 e. The Morgan fingerprint density at radius 3 is 2.29 bits per heavy atom. The monoisotopic (exact) mass is 204 g/mol. The molecule has 14 heavy (non-hydrogen) atoms. The van der Waals surface area contributed by atoms with Crippen LogP contribution in [0.4, 0.5) is 23.2 Å². The van der Waals surface area contributed by atoms with E-state index in [1.807, 2.05) is 0 Å². The second-order valence-electron chi connectivity index (χ2n) is 2.49. The van der Waals surface area contributed by atoms with E-state index in [9.17, 15) is 17.6 Å². The van der Waals surface area contributed by atoms with Gasteiger partial charge in [0, 0.05) is 0 Å². The van der Waals surface area contributed by atoms with E-state index in [0.29, 0.717) is 12.1 Å². The van der Waals surface area contributed by atoms with Crippen molar-refractivity contribution in [2.75, 3.05) is 5.73 Å². The van der Waals surface area contributed by atoms with E-state index in [0.717, 1.165) is 0 Å². The van der Waals surface area contributed by atoms with Crippen LogP contribution in [0.25, 0.3) is 0 Å². The number of nitrogen functional groups attached to an aromatic ring is 1. The lowest BCUT2D eigenvalue weighted by molar-refractivity contribution is -0.136. The highest BCUT2D eigenvalue weighted by atomic mass is 19.4. The Hall–Kier alpha value is -1.77. The van der Waals surface area contributed by atoms with Gasteiger partial charge in [-0.1, -0.05) is 0 Å². The van der Waals surface area contributed by atoms with Gasteiger partial charge in [-0.15, -0.1) is 0 Å². The first kappa shape index (κ1) is 10.3. The average molecular weight is 204 g/mol. The van der Waals surface area contributed by atoms with Crippen LogP contribution in [0.15, 0.2) is 12.1 Å². The second kappa shape index (κ2) is 3.18. The van der Waals surface area contributed by atoms with Gasteiger partial charge in [-0.3, -0.25) is 0 Å². The fourth-order valence-electron chi connectivity index (χ4n) is 0.954. The largest absolute Gasteiger partial charge is 0.418 e. The molecule has 1 rings (SSSR count). The van der Waals surface area contributed by atoms with Crippen molar-refractivity contribution < 1.29 is 17.6 Å². The lowest BCUT2D eigenvalue weighted by Gasteiger charge is -2.10. The van der Waals surface area contributed by atoms with Crippen molar-refractivity contribution in [1.82, 2.24) is 0 Å². The smallest absolute Gasteiger partial charge is 0.397 e. The number of anilines is 1. The van der Waals surface area contributed by atoms with E-state index < -0.39 is 28.8 Å². The number of hydrogen-bond acceptors (Lipinski definition) is 2. The summed E-state index contributed by atoms with van der Waals surface area (Å²) in [6.07, 6.45) is -4.68. The van der Waals surface area contributed by atoms with E-state index in [1.165, 1.54) is 6.07 Å². The molecule has 0 aromatic heterocycles. The van der Waals surface area contributed by atoms with Crippen LogP contribution in [-0.2, 0) is 6.18 Å². The number of halogens is 4. The third-order valence-electron chi connectivity index (χ3n) is 1.61. The molecule has 0 fully saturated rings. The molecular formula is C8H4F4N2. The Morgan fingerprint density at radius 2 is 1.86 bits per heavy atom. The molecule has 1 aromatic rings. The number of nitriles is 1. The van der Waals surface area contributed by atoms with Crippen LogP contribution in [0.3, 0.4) is 0 Å². The molecule has 0 radical (unpaired) electrons. The van der Waals surface area contributed by atoms with Gasteiger partial charge < -0.3 is 5.73 Å². The van der Waals surface area contributed by atoms with Gasteiger partial charge in [0.25, 0.3) is 0 Å². The first-order chi connectivity index (χ1) is 6.38. The molecule has 0 aliphatic heterocycles. The zero-order valence-electron chi connectivity index (χ0n) is 6.69. The number of nitrogens with two attached hydrogens (primary N) is 1. The minimum absolute atomic E-state index is 0.505. The number of benzene rings is 1. The van der Waals surface area contributed by atoms with Crippen LogP contribution in [0.5, 0.6) is 0 Å². The average Bonchev–Trinajstić information content (AvgIpc) is 2.02. The summed E-state index contributed by atoms with van der Waals surface area (Å²) in [5, 5.41) is 8.35. The first-order valence-corrected chi connectivity index (χ1v) is 3.43. The fourth-order valence-corrected chi connectivity index (χ4v) is 0.954. The summed E-state index contributed by atoms with van der Waals surface area (Å²) in [6, 6.07) is 2.35. The van der Waals surface area contributed by atoms with Gasteiger partial charge in [0.2, 0.25) is 0 Å². The first-order valence-electron chi connectivity index (χ1n) is 3.43. The Balaban J connectivity index is 3.46. The van der Waals surface area contributed by atoms with Crippen molar-refractivity contribution in [2.24, 2.45) is 0 Å². The van der Waals surface area contributed by atoms with E-state index in [2.05, 4.69) is 0 Å². The van der Waals surface area contributed by atoms with Crippen LogP contribution >= 0.6 is 0 Å². The predicted molar refractivity (Wildman–Crippen MR) is 40.5 cm³/mol. The van der Waals surface area contributed by atoms with E-state index in [1.54, 1.807) is 0 Å². The molecule has 0 atom stereocenters. The van der Waals surface area contributed by atoms with Crippen molar-refractivity contribution in [3.05, 3.63) is 29.1 Å². The second-order valence-corrected chi connectivity index (χ2v) is 2.49. The van der Waals surface area contributed by atoms with Crippen molar-refractivity contribution in [3.8, 4) is 6.07 Å². The third-order valence-corrected chi connectivity index (χ3v) is 1.61. The van der Waals surface area contributed by atoms with Crippen LogP contribution in [-0.4, -0.2) is 0 Å². The summed E-state index contributed by atoms with van der Waals surface area (Å²) in [7, 11) is 0. The zero-order chi connectivity index (χ0) is 10.9. The predicted octanol–water partition coefficient (Wildman–Crippen LogP) is 2.30. The van der Waals surface area contributed by atoms with Crippen molar-refractivity contribution >= 4 is 5.69 Å². The van der Waals surface area contributed by atoms with Gasteiger partial charge >= 0.3 is 6.18 Å². The molecule has 0 heterocycles. The normalized spacial score (nSPS) is 11.1. The molecule has 0 amide bonds. The molecule has 0 aliphatic carbocycles. The number of nitrogens with zero attached hydrogens (tertiary/aromatic N) is 1. The van der Waals surface area contributed by atoms with Gasteiger partial charge in [0.15, 0.2) is 0 Å². The van der Waals surface area contributed by atoms with Gasteiger partial charge in [-0.2, -0.15) is 18.4 Å². The van der Waals surface area contributed by atoms with Crippen LogP contribution < -0.4 is 5.73 Å². The fraction of sp³-hybridized carbons (Fsp3) is 0.125. The molecule has 0 spiro atoms. The highest BCUT2D eigenvalue weighted by molar-refractivity contribution is 5.60. The summed E-state index contributed by atoms with van der Waals surface area (Å²) >= 11 is 0. The molecule has 6 heteroatoms. The molecule has 2 N–H and O–H groups in total. The Labute approximate surface area is 76.6 Å². The molecular weight excluding hydrogens is 200 g/mol. The van der Waals surface area contributed by atoms with Crippen LogP contribution in [0.1, 0.15) is 11.1 Å². The molecule has 2 nitrogen and oxygen atoms in total. The third kappa shape index (κ3) is 1.62. The number of rotatable bonds is 0. The van der Waals surface area contributed by atoms with Crippen molar-refractivity contribution in [2.45, 2.75) is 6.18 Å². The standard InChI is InChI=1S/C8H4F4N2/c9-6-2-1-5(8(10,11)12)7(14)4(6)3-13/h1-2H,14H2. The number of alkyl halides is 3. The topological polar surface area (TPSA) is 49.8 Å². The van der Waals surface area contributed by atoms with E-state index >= 15 is 0 Å². The van der Waals surface area contributed by atoms with Gasteiger partial charge in [-0.05, 0) is 12.1 Å². The van der Waals surface area contributed by atoms with Crippen LogP contribution in [0, 0.1) is 17.1 Å². The molecule has 0 aliphatic rings. The minimum atomic E-state index is -4.68. The maximum atomic E-state index is 12.7. The summed E-state index contributed by atoms with van der Waals surface area (Å²) in [5.41, 5.74) is 2.15. The van der Waals surface area contributed by atoms with E-state index in [4.69, 9.17) is 11.0 Å². The quantitative estimate of drug-likeness (QED) is 0.520. The Kier molecular flexibility index (Phi) is 2.34. The Morgan fingerprint density at radius 1 is 1.29 bits per heavy atom. The highest BCUT2D eigenvalue weighted by Crippen LogP contribution is 2.35. The number of hydrogen-bond donors (Lipinski definition) is 1. The molecule has 0 bridgehead atoms. The summed E-state index contributed by atoms with van der Waals surface area (Å²) in [4.78, 5) is 0. The van der Waals surface area contributed by atoms with Gasteiger partial charge in [0.1, 0.15) is 17.4 Å². The molecule has 0 unspecified atom stereocenters. The van der Waals surface area contributed by atoms with Gasteiger partial charge in [0.05, 0.1) is 11.3 Å². The summed E-state index contributed by atoms with van der Waals surface area (Å²) in [6.45, 7) is 0. The summed E-state index contributed by atoms with van der Waals surface area (Å²) < 4.78 is 49.3. The minimum Gasteiger partial charge on any atom is -0.397 e. The summed E-state index contributed by atoms with van der Waals surface area (Å²) in [5.74, 6) is -1.06. The molecule has 0 saturated heterocycles. The maximum absolute atomic E-state index is 12.7. The highest BCUT2D eigenvalue weighted by Gasteiger charge is 2.34. The van der Waals surface area contributed by atoms with Crippen molar-refractivity contribution in [1.29, 1.82) is 5.26 Å². The molecule has 0 saturated carbocycles. The Bertz CT molecular complexity index is 403. The zero-order valence-corrected chi connectivity index (χ0v) is 6.69. The van der Waals surface area contributed by atoms with Crippen molar-refractivity contribution in [3.63, 3.8) is 0 Å². The van der Waals surface area contributed by atoms with Crippen LogP contribution in [0.2, 0.25) is 0 Å². The lowest BCUT2D eigenvalue weighted by atomic mass is 10.1. The van der Waals surface area contributed by atoms with E-state index in [-0.39, 0.29) is 0 Å². The molecule has 74 valence electrons. The SMILES string of the molecule is N#Cc1c(F)ccc(C(F)(F)F)c1N. The lowest BCUT2D eigenvalue weighted by Crippen LogP contribution is -2.11. The molecule has 1 aromatic carbocycles.